The van der Waals surface area contributed by atoms with Gasteiger partial charge >= 0.3 is 0 Å². The zero-order chi connectivity index (χ0) is 12.1. The van der Waals surface area contributed by atoms with Gasteiger partial charge in [-0.05, 0) is 57.0 Å². The number of ether oxygens (including phenoxy) is 1. The summed E-state index contributed by atoms with van der Waals surface area (Å²) in [7, 11) is 2.08. The predicted molar refractivity (Wildman–Crippen MR) is 73.6 cm³/mol. The first kappa shape index (κ1) is 13.1. The van der Waals surface area contributed by atoms with E-state index < -0.39 is 0 Å². The number of likely N-dealkylation sites (N-methyl/N-ethyl adjacent to an activating group) is 1. The van der Waals surface area contributed by atoms with Crippen molar-refractivity contribution in [1.82, 2.24) is 5.32 Å². The largest absolute Gasteiger partial charge is 0.378 e. The summed E-state index contributed by atoms with van der Waals surface area (Å²) < 4.78 is 5.61. The SMILES string of the molecule is CCOC1CC(CC(Cc2cccs2)NC)C1. The van der Waals surface area contributed by atoms with E-state index in [1.807, 2.05) is 11.3 Å². The molecule has 1 aliphatic rings. The predicted octanol–water partition coefficient (Wildman–Crippen LogP) is 3.08. The lowest BCUT2D eigenvalue weighted by Crippen LogP contribution is -2.37. The molecule has 1 unspecified atom stereocenters. The van der Waals surface area contributed by atoms with E-state index in [0.29, 0.717) is 12.1 Å². The van der Waals surface area contributed by atoms with Crippen LogP contribution in [0, 0.1) is 5.92 Å². The minimum absolute atomic E-state index is 0.546. The third-order valence-electron chi connectivity index (χ3n) is 3.65. The molecule has 1 saturated carbocycles. The molecule has 1 aliphatic carbocycles. The summed E-state index contributed by atoms with van der Waals surface area (Å²) >= 11 is 1.86. The number of rotatable bonds is 7. The van der Waals surface area contributed by atoms with Gasteiger partial charge in [-0.15, -0.1) is 11.3 Å². The van der Waals surface area contributed by atoms with E-state index in [1.54, 1.807) is 0 Å². The van der Waals surface area contributed by atoms with Crippen LogP contribution in [-0.2, 0) is 11.2 Å². The van der Waals surface area contributed by atoms with Crippen molar-refractivity contribution in [3.63, 3.8) is 0 Å². The quantitative estimate of drug-likeness (QED) is 0.806. The van der Waals surface area contributed by atoms with Crippen molar-refractivity contribution in [3.8, 4) is 0 Å². The molecule has 1 aromatic rings. The monoisotopic (exact) mass is 253 g/mol. The smallest absolute Gasteiger partial charge is 0.0580 e. The van der Waals surface area contributed by atoms with Crippen LogP contribution in [0.2, 0.25) is 0 Å². The molecular formula is C14H23NOS. The summed E-state index contributed by atoms with van der Waals surface area (Å²) in [6.45, 7) is 2.95. The van der Waals surface area contributed by atoms with Crippen LogP contribution >= 0.6 is 11.3 Å². The normalized spacial score (nSPS) is 25.5. The summed E-state index contributed by atoms with van der Waals surface area (Å²) in [6, 6.07) is 5.00. The molecule has 2 nitrogen and oxygen atoms in total. The van der Waals surface area contributed by atoms with Gasteiger partial charge in [0.2, 0.25) is 0 Å². The van der Waals surface area contributed by atoms with Crippen LogP contribution in [0.5, 0.6) is 0 Å². The molecule has 2 rings (SSSR count). The molecule has 0 radical (unpaired) electrons. The average Bonchev–Trinajstić information content (AvgIpc) is 2.77. The summed E-state index contributed by atoms with van der Waals surface area (Å²) in [5.41, 5.74) is 0. The Morgan fingerprint density at radius 2 is 2.35 bits per heavy atom. The number of nitrogens with one attached hydrogen (secondary N) is 1. The maximum atomic E-state index is 5.61. The molecule has 1 aromatic heterocycles. The number of hydrogen-bond acceptors (Lipinski definition) is 3. The van der Waals surface area contributed by atoms with Crippen molar-refractivity contribution < 1.29 is 4.74 Å². The molecule has 0 saturated heterocycles. The molecule has 0 aliphatic heterocycles. The lowest BCUT2D eigenvalue weighted by atomic mass is 9.77. The highest BCUT2D eigenvalue weighted by Gasteiger charge is 2.31. The summed E-state index contributed by atoms with van der Waals surface area (Å²) in [5.74, 6) is 0.865. The van der Waals surface area contributed by atoms with Gasteiger partial charge in [0.25, 0.3) is 0 Å². The highest BCUT2D eigenvalue weighted by atomic mass is 32.1. The maximum Gasteiger partial charge on any atom is 0.0580 e. The van der Waals surface area contributed by atoms with Gasteiger partial charge in [-0.1, -0.05) is 6.07 Å². The van der Waals surface area contributed by atoms with E-state index in [-0.39, 0.29) is 0 Å². The fraction of sp³-hybridized carbons (Fsp3) is 0.714. The van der Waals surface area contributed by atoms with E-state index >= 15 is 0 Å². The topological polar surface area (TPSA) is 21.3 Å². The Labute approximate surface area is 108 Å². The van der Waals surface area contributed by atoms with Gasteiger partial charge in [0.1, 0.15) is 0 Å². The van der Waals surface area contributed by atoms with E-state index in [0.717, 1.165) is 12.5 Å². The molecule has 0 aromatic carbocycles. The van der Waals surface area contributed by atoms with Crippen molar-refractivity contribution in [3.05, 3.63) is 22.4 Å². The Kier molecular flexibility index (Phi) is 5.01. The van der Waals surface area contributed by atoms with Gasteiger partial charge in [-0.25, -0.2) is 0 Å². The van der Waals surface area contributed by atoms with Crippen molar-refractivity contribution >= 4 is 11.3 Å². The minimum Gasteiger partial charge on any atom is -0.378 e. The third kappa shape index (κ3) is 3.80. The number of hydrogen-bond donors (Lipinski definition) is 1. The Morgan fingerprint density at radius 1 is 1.53 bits per heavy atom. The third-order valence-corrected chi connectivity index (χ3v) is 4.55. The molecular weight excluding hydrogens is 230 g/mol. The van der Waals surface area contributed by atoms with Gasteiger partial charge in [-0.2, -0.15) is 0 Å². The van der Waals surface area contributed by atoms with Gasteiger partial charge in [-0.3, -0.25) is 0 Å². The minimum atomic E-state index is 0.546. The van der Waals surface area contributed by atoms with Crippen LogP contribution in [0.25, 0.3) is 0 Å². The average molecular weight is 253 g/mol. The zero-order valence-corrected chi connectivity index (χ0v) is 11.6. The first-order valence-corrected chi connectivity index (χ1v) is 7.51. The van der Waals surface area contributed by atoms with Gasteiger partial charge in [0.05, 0.1) is 6.10 Å². The van der Waals surface area contributed by atoms with E-state index in [9.17, 15) is 0 Å². The van der Waals surface area contributed by atoms with Crippen LogP contribution in [0.4, 0.5) is 0 Å². The van der Waals surface area contributed by atoms with E-state index in [1.165, 1.54) is 30.6 Å². The molecule has 1 heterocycles. The molecule has 17 heavy (non-hydrogen) atoms. The molecule has 1 fully saturated rings. The van der Waals surface area contributed by atoms with Crippen LogP contribution in [0.1, 0.15) is 31.1 Å². The first-order chi connectivity index (χ1) is 8.31. The highest BCUT2D eigenvalue weighted by Crippen LogP contribution is 2.34. The number of thiophene rings is 1. The Balaban J connectivity index is 1.70. The Bertz CT molecular complexity index is 306. The van der Waals surface area contributed by atoms with Crippen molar-refractivity contribution in [2.45, 2.75) is 44.8 Å². The van der Waals surface area contributed by atoms with Gasteiger partial charge < -0.3 is 10.1 Å². The van der Waals surface area contributed by atoms with Gasteiger partial charge in [0.15, 0.2) is 0 Å². The molecule has 0 amide bonds. The summed E-state index contributed by atoms with van der Waals surface area (Å²) in [6.07, 6.45) is 5.53. The second-order valence-electron chi connectivity index (χ2n) is 4.92. The van der Waals surface area contributed by atoms with Crippen LogP contribution < -0.4 is 5.32 Å². The molecule has 96 valence electrons. The fourth-order valence-corrected chi connectivity index (χ4v) is 3.40. The van der Waals surface area contributed by atoms with Crippen molar-refractivity contribution in [2.75, 3.05) is 13.7 Å². The van der Waals surface area contributed by atoms with E-state index in [2.05, 4.69) is 36.8 Å². The molecule has 1 N–H and O–H groups in total. The molecule has 0 spiro atoms. The standard InChI is InChI=1S/C14H23NOS/c1-3-16-13-8-11(9-13)7-12(15-2)10-14-5-4-6-17-14/h4-6,11-13,15H,3,7-10H2,1-2H3. The molecule has 1 atom stereocenters. The maximum absolute atomic E-state index is 5.61. The summed E-state index contributed by atoms with van der Waals surface area (Å²) in [5, 5.41) is 5.62. The Morgan fingerprint density at radius 3 is 2.94 bits per heavy atom. The van der Waals surface area contributed by atoms with Crippen molar-refractivity contribution in [1.29, 1.82) is 0 Å². The highest BCUT2D eigenvalue weighted by molar-refractivity contribution is 7.09. The summed E-state index contributed by atoms with van der Waals surface area (Å²) in [4.78, 5) is 1.49. The molecule has 0 bridgehead atoms. The molecule has 3 heteroatoms. The van der Waals surface area contributed by atoms with Crippen molar-refractivity contribution in [2.24, 2.45) is 5.92 Å². The second kappa shape index (κ2) is 6.53. The van der Waals surface area contributed by atoms with Gasteiger partial charge in [0, 0.05) is 17.5 Å². The van der Waals surface area contributed by atoms with Crippen LogP contribution in [0.15, 0.2) is 17.5 Å². The fourth-order valence-electron chi connectivity index (χ4n) is 2.62. The van der Waals surface area contributed by atoms with Crippen LogP contribution in [-0.4, -0.2) is 25.8 Å². The first-order valence-electron chi connectivity index (χ1n) is 6.63. The Hall–Kier alpha value is -0.380. The van der Waals surface area contributed by atoms with Crippen LogP contribution in [0.3, 0.4) is 0 Å². The lowest BCUT2D eigenvalue weighted by molar-refractivity contribution is -0.0288. The second-order valence-corrected chi connectivity index (χ2v) is 5.95. The lowest BCUT2D eigenvalue weighted by Gasteiger charge is -2.37. The zero-order valence-electron chi connectivity index (χ0n) is 10.8. The van der Waals surface area contributed by atoms with E-state index in [4.69, 9.17) is 4.74 Å².